The Balaban J connectivity index is 1.34. The third kappa shape index (κ3) is 4.51. The van der Waals surface area contributed by atoms with E-state index in [2.05, 4.69) is 106 Å². The zero-order valence-corrected chi connectivity index (χ0v) is 25.8. The first-order chi connectivity index (χ1) is 18.5. The molecule has 2 saturated carbocycles. The molecule has 1 spiro atoms. The Morgan fingerprint density at radius 2 is 1.62 bits per heavy atom. The van der Waals surface area contributed by atoms with Crippen molar-refractivity contribution in [2.24, 2.45) is 29.1 Å². The van der Waals surface area contributed by atoms with Crippen LogP contribution in [0.2, 0.25) is 18.1 Å². The summed E-state index contributed by atoms with van der Waals surface area (Å²) in [4.78, 5) is 16.8. The molecule has 3 nitrogen and oxygen atoms in total. The standard InChI is InChI=1S/C35H47NO2Si/c1-24-19-28-21-30(38-39(5,6)34(2,3)4)32-29-17-18-36(23-27(29)22-35(28,32)31(37)20-24)33(25-13-9-7-10-14-25)26-15-11-8-12-16-26/h7-16,20,27-30,32-33H,17-19,21-23H2,1-6H3/t27-,28+,29+,30+,32+,35-/m1/s1. The van der Waals surface area contributed by atoms with Crippen molar-refractivity contribution < 1.29 is 9.22 Å². The van der Waals surface area contributed by atoms with E-state index in [1.165, 1.54) is 16.7 Å². The molecule has 0 amide bonds. The maximum absolute atomic E-state index is 14.1. The molecule has 2 aromatic rings. The fourth-order valence-corrected chi connectivity index (χ4v) is 10.1. The van der Waals surface area contributed by atoms with Crippen LogP contribution >= 0.6 is 0 Å². The zero-order chi connectivity index (χ0) is 27.6. The summed E-state index contributed by atoms with van der Waals surface area (Å²) in [7, 11) is -1.95. The van der Waals surface area contributed by atoms with Gasteiger partial charge in [0.2, 0.25) is 0 Å². The van der Waals surface area contributed by atoms with Crippen LogP contribution in [0.25, 0.3) is 0 Å². The highest BCUT2D eigenvalue weighted by atomic mass is 28.4. The lowest BCUT2D eigenvalue weighted by molar-refractivity contribution is -0.129. The van der Waals surface area contributed by atoms with E-state index in [1.54, 1.807) is 0 Å². The van der Waals surface area contributed by atoms with E-state index in [9.17, 15) is 4.79 Å². The van der Waals surface area contributed by atoms with E-state index >= 15 is 0 Å². The van der Waals surface area contributed by atoms with Gasteiger partial charge in [0, 0.05) is 24.0 Å². The molecular formula is C35H47NO2Si. The summed E-state index contributed by atoms with van der Waals surface area (Å²) in [6.07, 6.45) is 6.58. The summed E-state index contributed by atoms with van der Waals surface area (Å²) in [5.41, 5.74) is 3.78. The highest BCUT2D eigenvalue weighted by Gasteiger charge is 2.68. The molecule has 4 aliphatic rings. The van der Waals surface area contributed by atoms with Crippen molar-refractivity contribution >= 4 is 14.1 Å². The molecule has 0 bridgehead atoms. The van der Waals surface area contributed by atoms with E-state index in [0.717, 1.165) is 38.8 Å². The third-order valence-corrected chi connectivity index (χ3v) is 15.9. The van der Waals surface area contributed by atoms with Crippen LogP contribution in [0, 0.1) is 29.1 Å². The van der Waals surface area contributed by atoms with Crippen molar-refractivity contribution in [3.8, 4) is 0 Å². The number of fused-ring (bicyclic) bond motifs is 2. The molecule has 0 N–H and O–H groups in total. The number of ketones is 1. The van der Waals surface area contributed by atoms with Gasteiger partial charge in [-0.2, -0.15) is 0 Å². The van der Waals surface area contributed by atoms with E-state index in [4.69, 9.17) is 4.43 Å². The maximum Gasteiger partial charge on any atom is 0.192 e. The molecule has 3 fully saturated rings. The molecule has 6 atom stereocenters. The van der Waals surface area contributed by atoms with Gasteiger partial charge in [0.1, 0.15) is 0 Å². The van der Waals surface area contributed by atoms with E-state index in [-0.39, 0.29) is 22.6 Å². The van der Waals surface area contributed by atoms with Crippen molar-refractivity contribution in [1.29, 1.82) is 0 Å². The first-order valence-electron chi connectivity index (χ1n) is 15.2. The minimum atomic E-state index is -1.95. The lowest BCUT2D eigenvalue weighted by Crippen LogP contribution is -2.48. The lowest BCUT2D eigenvalue weighted by Gasteiger charge is -2.44. The number of hydrogen-bond acceptors (Lipinski definition) is 3. The van der Waals surface area contributed by atoms with Gasteiger partial charge < -0.3 is 4.43 Å². The topological polar surface area (TPSA) is 29.5 Å². The second-order valence-electron chi connectivity index (χ2n) is 14.6. The number of nitrogens with zero attached hydrogens (tertiary/aromatic N) is 1. The lowest BCUT2D eigenvalue weighted by atomic mass is 9.64. The first-order valence-corrected chi connectivity index (χ1v) is 18.2. The van der Waals surface area contributed by atoms with Gasteiger partial charge in [0.25, 0.3) is 0 Å². The van der Waals surface area contributed by atoms with Gasteiger partial charge in [-0.25, -0.2) is 0 Å². The molecule has 39 heavy (non-hydrogen) atoms. The highest BCUT2D eigenvalue weighted by molar-refractivity contribution is 6.74. The van der Waals surface area contributed by atoms with Crippen LogP contribution in [0.1, 0.15) is 70.5 Å². The van der Waals surface area contributed by atoms with Crippen LogP contribution in [0.5, 0.6) is 0 Å². The second kappa shape index (κ2) is 9.82. The predicted octanol–water partition coefficient (Wildman–Crippen LogP) is 8.05. The van der Waals surface area contributed by atoms with Crippen LogP contribution in [0.15, 0.2) is 72.3 Å². The quantitative estimate of drug-likeness (QED) is 0.359. The number of piperidine rings is 1. The van der Waals surface area contributed by atoms with Crippen molar-refractivity contribution in [3.05, 3.63) is 83.4 Å². The number of hydrogen-bond donors (Lipinski definition) is 0. The molecule has 1 saturated heterocycles. The summed E-state index contributed by atoms with van der Waals surface area (Å²) < 4.78 is 7.26. The molecule has 0 radical (unpaired) electrons. The van der Waals surface area contributed by atoms with Gasteiger partial charge in [-0.3, -0.25) is 9.69 Å². The molecule has 1 aliphatic heterocycles. The number of likely N-dealkylation sites (tertiary alicyclic amines) is 1. The monoisotopic (exact) mass is 541 g/mol. The van der Waals surface area contributed by atoms with E-state index < -0.39 is 8.32 Å². The minimum Gasteiger partial charge on any atom is -0.414 e. The Labute approximate surface area is 237 Å². The van der Waals surface area contributed by atoms with E-state index in [0.29, 0.717) is 29.5 Å². The summed E-state index contributed by atoms with van der Waals surface area (Å²) in [5.74, 6) is 2.35. The fraction of sp³-hybridized carbons (Fsp3) is 0.571. The van der Waals surface area contributed by atoms with Crippen molar-refractivity contribution in [2.75, 3.05) is 13.1 Å². The van der Waals surface area contributed by atoms with E-state index in [1.807, 2.05) is 6.08 Å². The molecule has 3 aliphatic carbocycles. The normalized spacial score (nSPS) is 33.1. The van der Waals surface area contributed by atoms with Gasteiger partial charge >= 0.3 is 0 Å². The smallest absolute Gasteiger partial charge is 0.192 e. The molecule has 4 heteroatoms. The largest absolute Gasteiger partial charge is 0.414 e. The van der Waals surface area contributed by atoms with Gasteiger partial charge in [-0.15, -0.1) is 0 Å². The van der Waals surface area contributed by atoms with Crippen LogP contribution in [0.3, 0.4) is 0 Å². The number of rotatable bonds is 5. The first kappa shape index (κ1) is 27.2. The number of carbonyl (C=O) groups is 1. The SMILES string of the molecule is CC1=CC(=O)[C@]23C[C@@H]4CN(C(c5ccccc5)c5ccccc5)CC[C@@H]4[C@H]2[C@@H](O[Si](C)(C)C(C)(C)C)C[C@@H]3C1. The Bertz CT molecular complexity index is 1190. The van der Waals surface area contributed by atoms with Gasteiger partial charge in [-0.1, -0.05) is 87.0 Å². The van der Waals surface area contributed by atoms with Crippen LogP contribution in [0.4, 0.5) is 0 Å². The molecule has 208 valence electrons. The van der Waals surface area contributed by atoms with Crippen molar-refractivity contribution in [3.63, 3.8) is 0 Å². The molecule has 0 unspecified atom stereocenters. The summed E-state index contributed by atoms with van der Waals surface area (Å²) >= 11 is 0. The van der Waals surface area contributed by atoms with Crippen LogP contribution < -0.4 is 0 Å². The summed E-state index contributed by atoms with van der Waals surface area (Å²) in [6, 6.07) is 22.3. The number of allylic oxidation sites excluding steroid dienone is 2. The van der Waals surface area contributed by atoms with Crippen molar-refractivity contribution in [2.45, 2.75) is 83.7 Å². The van der Waals surface area contributed by atoms with Gasteiger partial charge in [0.15, 0.2) is 14.1 Å². The Morgan fingerprint density at radius 1 is 1.00 bits per heavy atom. The Kier molecular flexibility index (Phi) is 6.84. The summed E-state index contributed by atoms with van der Waals surface area (Å²) in [6.45, 7) is 16.1. The average Bonchev–Trinajstić information content (AvgIpc) is 3.37. The molecule has 1 heterocycles. The molecule has 6 rings (SSSR count). The van der Waals surface area contributed by atoms with Crippen LogP contribution in [-0.4, -0.2) is 38.2 Å². The molecule has 2 aromatic carbocycles. The zero-order valence-electron chi connectivity index (χ0n) is 24.8. The Hall–Kier alpha value is -2.01. The third-order valence-electron chi connectivity index (χ3n) is 11.4. The molecular weight excluding hydrogens is 494 g/mol. The number of benzene rings is 2. The Morgan fingerprint density at radius 3 is 2.21 bits per heavy atom. The molecule has 0 aromatic heterocycles. The second-order valence-corrected chi connectivity index (χ2v) is 19.4. The van der Waals surface area contributed by atoms with Crippen molar-refractivity contribution in [1.82, 2.24) is 4.90 Å². The predicted molar refractivity (Wildman–Crippen MR) is 162 cm³/mol. The van der Waals surface area contributed by atoms with Crippen LogP contribution in [-0.2, 0) is 9.22 Å². The maximum atomic E-state index is 14.1. The summed E-state index contributed by atoms with van der Waals surface area (Å²) in [5, 5.41) is 0.173. The number of carbonyl (C=O) groups excluding carboxylic acids is 1. The average molecular weight is 542 g/mol. The van der Waals surface area contributed by atoms with Gasteiger partial charge in [0.05, 0.1) is 6.04 Å². The fourth-order valence-electron chi connectivity index (χ4n) is 8.74. The highest BCUT2D eigenvalue weighted by Crippen LogP contribution is 2.67. The minimum absolute atomic E-state index is 0.173. The van der Waals surface area contributed by atoms with Gasteiger partial charge in [-0.05, 0) is 92.2 Å².